The van der Waals surface area contributed by atoms with Gasteiger partial charge in [0, 0.05) is 9.13 Å². The Bertz CT molecular complexity index is 338. The fraction of sp³-hybridized carbons (Fsp3) is 0.222. The molecule has 0 N–H and O–H groups in total. The minimum Gasteiger partial charge on any atom is -0.293 e. The van der Waals surface area contributed by atoms with Gasteiger partial charge in [0.2, 0.25) is 0 Å². The summed E-state index contributed by atoms with van der Waals surface area (Å²) < 4.78 is 13.6. The van der Waals surface area contributed by atoms with Gasteiger partial charge in [0.05, 0.1) is 4.83 Å². The number of carbonyl (C=O) groups excluding carboxylic acids is 1. The van der Waals surface area contributed by atoms with Gasteiger partial charge in [-0.25, -0.2) is 4.39 Å². The highest BCUT2D eigenvalue weighted by molar-refractivity contribution is 14.1. The standard InChI is InChI=1S/C9H7BrFIO/c1-5(10)9(13)7-4-6(11)2-3-8(7)12/h2-5H,1H3. The minimum atomic E-state index is -0.378. The first-order valence-corrected chi connectivity index (χ1v) is 5.65. The zero-order chi connectivity index (χ0) is 10.0. The minimum absolute atomic E-state index is 0.0936. The first kappa shape index (κ1) is 11.1. The number of carbonyl (C=O) groups is 1. The Labute approximate surface area is 98.0 Å². The molecule has 1 aromatic rings. The molecular formula is C9H7BrFIO. The molecule has 13 heavy (non-hydrogen) atoms. The lowest BCUT2D eigenvalue weighted by Crippen LogP contribution is -2.11. The van der Waals surface area contributed by atoms with Crippen LogP contribution in [0.25, 0.3) is 0 Å². The van der Waals surface area contributed by atoms with Crippen LogP contribution >= 0.6 is 38.5 Å². The van der Waals surface area contributed by atoms with Gasteiger partial charge in [0.25, 0.3) is 0 Å². The number of alkyl halides is 1. The van der Waals surface area contributed by atoms with E-state index in [1.807, 2.05) is 22.6 Å². The molecule has 1 atom stereocenters. The van der Waals surface area contributed by atoms with Crippen LogP contribution < -0.4 is 0 Å². The first-order valence-electron chi connectivity index (χ1n) is 3.65. The molecule has 70 valence electrons. The highest BCUT2D eigenvalue weighted by Crippen LogP contribution is 2.17. The maximum atomic E-state index is 12.8. The van der Waals surface area contributed by atoms with Crippen LogP contribution in [0.1, 0.15) is 17.3 Å². The van der Waals surface area contributed by atoms with Crippen LogP contribution in [0.15, 0.2) is 18.2 Å². The number of halogens is 3. The van der Waals surface area contributed by atoms with E-state index < -0.39 is 0 Å². The van der Waals surface area contributed by atoms with E-state index in [-0.39, 0.29) is 16.4 Å². The molecule has 0 amide bonds. The summed E-state index contributed by atoms with van der Waals surface area (Å²) in [6.45, 7) is 1.73. The van der Waals surface area contributed by atoms with E-state index in [2.05, 4.69) is 15.9 Å². The van der Waals surface area contributed by atoms with Crippen molar-refractivity contribution in [2.75, 3.05) is 0 Å². The number of benzene rings is 1. The Balaban J connectivity index is 3.13. The molecular weight excluding hydrogens is 350 g/mol. The number of ketones is 1. The third kappa shape index (κ3) is 2.74. The Morgan fingerprint density at radius 1 is 1.62 bits per heavy atom. The summed E-state index contributed by atoms with van der Waals surface area (Å²) in [4.78, 5) is 11.2. The van der Waals surface area contributed by atoms with Crippen LogP contribution in [0, 0.1) is 9.39 Å². The molecule has 0 aliphatic carbocycles. The summed E-state index contributed by atoms with van der Waals surface area (Å²) in [7, 11) is 0. The Morgan fingerprint density at radius 3 is 2.77 bits per heavy atom. The zero-order valence-electron chi connectivity index (χ0n) is 6.85. The first-order chi connectivity index (χ1) is 6.02. The number of hydrogen-bond acceptors (Lipinski definition) is 1. The summed E-state index contributed by atoms with van der Waals surface area (Å²) in [6, 6.07) is 4.21. The third-order valence-electron chi connectivity index (χ3n) is 1.56. The fourth-order valence-corrected chi connectivity index (χ4v) is 1.75. The molecule has 0 aliphatic rings. The van der Waals surface area contributed by atoms with Crippen molar-refractivity contribution in [3.05, 3.63) is 33.1 Å². The highest BCUT2D eigenvalue weighted by Gasteiger charge is 2.15. The lowest BCUT2D eigenvalue weighted by Gasteiger charge is -2.04. The maximum absolute atomic E-state index is 12.8. The van der Waals surface area contributed by atoms with Crippen molar-refractivity contribution in [2.24, 2.45) is 0 Å². The van der Waals surface area contributed by atoms with Gasteiger partial charge in [0.15, 0.2) is 5.78 Å². The molecule has 0 aromatic heterocycles. The van der Waals surface area contributed by atoms with E-state index in [4.69, 9.17) is 0 Å². The smallest absolute Gasteiger partial charge is 0.177 e. The summed E-state index contributed by atoms with van der Waals surface area (Å²) >= 11 is 5.18. The topological polar surface area (TPSA) is 17.1 Å². The normalized spacial score (nSPS) is 12.6. The second-order valence-corrected chi connectivity index (χ2v) is 5.14. The molecule has 0 fully saturated rings. The van der Waals surface area contributed by atoms with E-state index in [9.17, 15) is 9.18 Å². The SMILES string of the molecule is CC(Br)C(=O)c1cc(F)ccc1I. The Hall–Kier alpha value is 0.0300. The molecule has 0 saturated carbocycles. The van der Waals surface area contributed by atoms with Gasteiger partial charge in [-0.2, -0.15) is 0 Å². The van der Waals surface area contributed by atoms with Crippen LogP contribution in [0.5, 0.6) is 0 Å². The molecule has 0 radical (unpaired) electrons. The van der Waals surface area contributed by atoms with Crippen molar-refractivity contribution in [1.29, 1.82) is 0 Å². The largest absolute Gasteiger partial charge is 0.293 e. The van der Waals surface area contributed by atoms with E-state index >= 15 is 0 Å². The van der Waals surface area contributed by atoms with E-state index in [0.29, 0.717) is 5.56 Å². The summed E-state index contributed by atoms with van der Waals surface area (Å²) in [6.07, 6.45) is 0. The Morgan fingerprint density at radius 2 is 2.23 bits per heavy atom. The van der Waals surface area contributed by atoms with Crippen LogP contribution in [0.3, 0.4) is 0 Å². The van der Waals surface area contributed by atoms with Gasteiger partial charge in [0.1, 0.15) is 5.82 Å². The number of Topliss-reactive ketones (excluding diaryl/α,β-unsaturated/α-hetero) is 1. The van der Waals surface area contributed by atoms with Crippen molar-refractivity contribution in [3.63, 3.8) is 0 Å². The average molecular weight is 357 g/mol. The molecule has 0 bridgehead atoms. The van der Waals surface area contributed by atoms with Gasteiger partial charge in [-0.3, -0.25) is 4.79 Å². The third-order valence-corrected chi connectivity index (χ3v) is 2.91. The van der Waals surface area contributed by atoms with Crippen molar-refractivity contribution >= 4 is 44.3 Å². The molecule has 1 nitrogen and oxygen atoms in total. The van der Waals surface area contributed by atoms with Crippen LogP contribution in [0.4, 0.5) is 4.39 Å². The van der Waals surface area contributed by atoms with Gasteiger partial charge < -0.3 is 0 Å². The molecule has 1 rings (SSSR count). The molecule has 0 saturated heterocycles. The summed E-state index contributed by atoms with van der Waals surface area (Å²) in [5.41, 5.74) is 0.435. The summed E-state index contributed by atoms with van der Waals surface area (Å²) in [5, 5.41) is 0. The van der Waals surface area contributed by atoms with Gasteiger partial charge >= 0.3 is 0 Å². The Kier molecular flexibility index (Phi) is 3.85. The van der Waals surface area contributed by atoms with E-state index in [1.54, 1.807) is 13.0 Å². The highest BCUT2D eigenvalue weighted by atomic mass is 127. The second kappa shape index (κ2) is 4.50. The fourth-order valence-electron chi connectivity index (χ4n) is 0.901. The van der Waals surface area contributed by atoms with Crippen molar-refractivity contribution < 1.29 is 9.18 Å². The van der Waals surface area contributed by atoms with Gasteiger partial charge in [-0.05, 0) is 47.7 Å². The van der Waals surface area contributed by atoms with Crippen molar-refractivity contribution in [2.45, 2.75) is 11.8 Å². The summed E-state index contributed by atoms with van der Waals surface area (Å²) in [5.74, 6) is -0.471. The maximum Gasteiger partial charge on any atom is 0.177 e. The molecule has 0 spiro atoms. The van der Waals surface area contributed by atoms with Gasteiger partial charge in [-0.15, -0.1) is 0 Å². The van der Waals surface area contributed by atoms with E-state index in [1.165, 1.54) is 12.1 Å². The van der Waals surface area contributed by atoms with Crippen molar-refractivity contribution in [3.8, 4) is 0 Å². The van der Waals surface area contributed by atoms with Crippen molar-refractivity contribution in [1.82, 2.24) is 0 Å². The van der Waals surface area contributed by atoms with Crippen LogP contribution in [-0.2, 0) is 0 Å². The quantitative estimate of drug-likeness (QED) is 0.451. The zero-order valence-corrected chi connectivity index (χ0v) is 10.6. The predicted molar refractivity (Wildman–Crippen MR) is 61.8 cm³/mol. The predicted octanol–water partition coefficient (Wildman–Crippen LogP) is 3.40. The number of hydrogen-bond donors (Lipinski definition) is 0. The molecule has 4 heteroatoms. The molecule has 1 aromatic carbocycles. The van der Waals surface area contributed by atoms with Gasteiger partial charge in [-0.1, -0.05) is 15.9 Å². The lowest BCUT2D eigenvalue weighted by atomic mass is 10.1. The molecule has 1 unspecified atom stereocenters. The lowest BCUT2D eigenvalue weighted by molar-refractivity contribution is 0.0994. The number of rotatable bonds is 2. The molecule has 0 aliphatic heterocycles. The van der Waals surface area contributed by atoms with Crippen LogP contribution in [-0.4, -0.2) is 10.6 Å². The average Bonchev–Trinajstić information content (AvgIpc) is 2.08. The molecule has 0 heterocycles. The second-order valence-electron chi connectivity index (χ2n) is 2.60. The van der Waals surface area contributed by atoms with E-state index in [0.717, 1.165) is 3.57 Å². The van der Waals surface area contributed by atoms with Crippen LogP contribution in [0.2, 0.25) is 0 Å². The monoisotopic (exact) mass is 356 g/mol.